The van der Waals surface area contributed by atoms with Crippen molar-refractivity contribution < 1.29 is 9.53 Å². The third-order valence-corrected chi connectivity index (χ3v) is 3.14. The number of aryl methyl sites for hydroxylation is 2. The second kappa shape index (κ2) is 5.95. The van der Waals surface area contributed by atoms with Crippen molar-refractivity contribution in [2.24, 2.45) is 0 Å². The maximum Gasteiger partial charge on any atom is 0.317 e. The van der Waals surface area contributed by atoms with E-state index in [0.29, 0.717) is 19.2 Å². The molecule has 1 N–H and O–H groups in total. The molecule has 104 valence electrons. The predicted molar refractivity (Wildman–Crippen MR) is 75.6 cm³/mol. The Morgan fingerprint density at radius 3 is 2.53 bits per heavy atom. The number of ether oxygens (including phenoxy) is 1. The van der Waals surface area contributed by atoms with Crippen LogP contribution in [0.1, 0.15) is 24.0 Å². The van der Waals surface area contributed by atoms with E-state index < -0.39 is 0 Å². The monoisotopic (exact) mass is 262 g/mol. The van der Waals surface area contributed by atoms with Crippen LogP contribution in [-0.4, -0.2) is 37.2 Å². The predicted octanol–water partition coefficient (Wildman–Crippen LogP) is 2.49. The largest absolute Gasteiger partial charge is 0.492 e. The molecule has 2 amide bonds. The Kier molecular flexibility index (Phi) is 4.30. The number of amides is 2. The van der Waals surface area contributed by atoms with Gasteiger partial charge in [-0.1, -0.05) is 6.07 Å². The van der Waals surface area contributed by atoms with Gasteiger partial charge in [-0.05, 0) is 49.9 Å². The molecule has 0 heterocycles. The maximum absolute atomic E-state index is 11.7. The lowest BCUT2D eigenvalue weighted by Crippen LogP contribution is -2.40. The molecule has 0 spiro atoms. The highest BCUT2D eigenvalue weighted by Crippen LogP contribution is 2.19. The van der Waals surface area contributed by atoms with Crippen molar-refractivity contribution in [2.75, 3.05) is 20.2 Å². The van der Waals surface area contributed by atoms with E-state index >= 15 is 0 Å². The Morgan fingerprint density at radius 1 is 1.32 bits per heavy atom. The number of hydrogen-bond acceptors (Lipinski definition) is 2. The smallest absolute Gasteiger partial charge is 0.317 e. The van der Waals surface area contributed by atoms with Crippen molar-refractivity contribution in [1.82, 2.24) is 10.2 Å². The second-order valence-corrected chi connectivity index (χ2v) is 5.32. The molecule has 19 heavy (non-hydrogen) atoms. The van der Waals surface area contributed by atoms with E-state index in [1.165, 1.54) is 11.1 Å². The van der Waals surface area contributed by atoms with Gasteiger partial charge in [0.05, 0.1) is 6.54 Å². The highest BCUT2D eigenvalue weighted by atomic mass is 16.5. The Hall–Kier alpha value is -1.71. The van der Waals surface area contributed by atoms with E-state index in [-0.39, 0.29) is 6.03 Å². The Morgan fingerprint density at radius 2 is 1.95 bits per heavy atom. The molecule has 0 aliphatic heterocycles. The highest BCUT2D eigenvalue weighted by Gasteiger charge is 2.24. The molecule has 4 heteroatoms. The molecule has 1 aliphatic carbocycles. The molecule has 4 nitrogen and oxygen atoms in total. The van der Waals surface area contributed by atoms with Gasteiger partial charge in [0.2, 0.25) is 0 Å². The van der Waals surface area contributed by atoms with Crippen molar-refractivity contribution >= 4 is 6.03 Å². The fourth-order valence-corrected chi connectivity index (χ4v) is 1.93. The zero-order chi connectivity index (χ0) is 13.8. The minimum absolute atomic E-state index is 0.00785. The van der Waals surface area contributed by atoms with Crippen LogP contribution in [0.5, 0.6) is 5.75 Å². The summed E-state index contributed by atoms with van der Waals surface area (Å²) in [7, 11) is 1.79. The summed E-state index contributed by atoms with van der Waals surface area (Å²) in [5.74, 6) is 0.869. The molecule has 1 aliphatic rings. The van der Waals surface area contributed by atoms with Gasteiger partial charge in [-0.3, -0.25) is 0 Å². The number of likely N-dealkylation sites (N-methyl/N-ethyl adjacent to an activating group) is 1. The Balaban J connectivity index is 1.74. The fourth-order valence-electron chi connectivity index (χ4n) is 1.93. The Bertz CT molecular complexity index is 435. The van der Waals surface area contributed by atoms with Crippen molar-refractivity contribution in [3.8, 4) is 5.75 Å². The number of nitrogens with one attached hydrogen (secondary N) is 1. The van der Waals surface area contributed by atoms with Crippen LogP contribution >= 0.6 is 0 Å². The van der Waals surface area contributed by atoms with Gasteiger partial charge in [0.1, 0.15) is 12.4 Å². The van der Waals surface area contributed by atoms with Gasteiger partial charge < -0.3 is 15.0 Å². The average Bonchev–Trinajstić information content (AvgIpc) is 3.11. The van der Waals surface area contributed by atoms with Gasteiger partial charge in [0, 0.05) is 13.1 Å². The van der Waals surface area contributed by atoms with E-state index in [1.807, 2.05) is 12.1 Å². The number of benzene rings is 1. The molecule has 0 unspecified atom stereocenters. The first kappa shape index (κ1) is 13.7. The molecular weight excluding hydrogens is 240 g/mol. The second-order valence-electron chi connectivity index (χ2n) is 5.32. The third-order valence-electron chi connectivity index (χ3n) is 3.14. The molecule has 2 rings (SSSR count). The van der Waals surface area contributed by atoms with Crippen LogP contribution in [0.15, 0.2) is 18.2 Å². The molecule has 1 aromatic rings. The lowest BCUT2D eigenvalue weighted by Gasteiger charge is -2.18. The molecular formula is C15H22N2O2. The average molecular weight is 262 g/mol. The van der Waals surface area contributed by atoms with Crippen LogP contribution < -0.4 is 10.1 Å². The SMILES string of the molecule is Cc1cc(C)cc(OCCN(C)C(=O)NC2CC2)c1. The van der Waals surface area contributed by atoms with Gasteiger partial charge in [0.25, 0.3) is 0 Å². The normalized spacial score (nSPS) is 14.1. The molecule has 0 aromatic heterocycles. The standard InChI is InChI=1S/C15H22N2O2/c1-11-8-12(2)10-14(9-11)19-7-6-17(3)15(18)16-13-4-5-13/h8-10,13H,4-7H2,1-3H3,(H,16,18). The van der Waals surface area contributed by atoms with E-state index in [9.17, 15) is 4.79 Å². The summed E-state index contributed by atoms with van der Waals surface area (Å²) >= 11 is 0. The lowest BCUT2D eigenvalue weighted by molar-refractivity contribution is 0.195. The van der Waals surface area contributed by atoms with Crippen LogP contribution in [0.2, 0.25) is 0 Å². The summed E-state index contributed by atoms with van der Waals surface area (Å²) in [5, 5.41) is 2.95. The summed E-state index contributed by atoms with van der Waals surface area (Å²) in [6.07, 6.45) is 2.22. The third kappa shape index (κ3) is 4.47. The quantitative estimate of drug-likeness (QED) is 0.885. The highest BCUT2D eigenvalue weighted by molar-refractivity contribution is 5.74. The topological polar surface area (TPSA) is 41.6 Å². The number of carbonyl (C=O) groups is 1. The van der Waals surface area contributed by atoms with Crippen molar-refractivity contribution in [2.45, 2.75) is 32.7 Å². The van der Waals surface area contributed by atoms with Gasteiger partial charge in [-0.15, -0.1) is 0 Å². The van der Waals surface area contributed by atoms with Crippen LogP contribution in [0.3, 0.4) is 0 Å². The molecule has 0 saturated heterocycles. The van der Waals surface area contributed by atoms with Gasteiger partial charge in [-0.2, -0.15) is 0 Å². The molecule has 1 saturated carbocycles. The van der Waals surface area contributed by atoms with Crippen LogP contribution in [0, 0.1) is 13.8 Å². The van der Waals surface area contributed by atoms with Gasteiger partial charge in [-0.25, -0.2) is 4.79 Å². The number of rotatable bonds is 5. The molecule has 0 radical (unpaired) electrons. The zero-order valence-electron chi connectivity index (χ0n) is 11.9. The van der Waals surface area contributed by atoms with Gasteiger partial charge in [0.15, 0.2) is 0 Å². The summed E-state index contributed by atoms with van der Waals surface area (Å²) < 4.78 is 5.69. The van der Waals surface area contributed by atoms with Crippen LogP contribution in [0.4, 0.5) is 4.79 Å². The minimum atomic E-state index is -0.00785. The molecule has 1 aromatic carbocycles. The summed E-state index contributed by atoms with van der Waals surface area (Å²) in [6.45, 7) is 5.20. The molecule has 0 atom stereocenters. The van der Waals surface area contributed by atoms with Gasteiger partial charge >= 0.3 is 6.03 Å². The minimum Gasteiger partial charge on any atom is -0.492 e. The first-order chi connectivity index (χ1) is 9.04. The summed E-state index contributed by atoms with van der Waals surface area (Å²) in [4.78, 5) is 13.4. The lowest BCUT2D eigenvalue weighted by atomic mass is 10.1. The number of urea groups is 1. The van der Waals surface area contributed by atoms with E-state index in [2.05, 4.69) is 25.2 Å². The number of hydrogen-bond donors (Lipinski definition) is 1. The van der Waals surface area contributed by atoms with Crippen LogP contribution in [0.25, 0.3) is 0 Å². The van der Waals surface area contributed by atoms with E-state index in [1.54, 1.807) is 11.9 Å². The molecule has 1 fully saturated rings. The first-order valence-corrected chi connectivity index (χ1v) is 6.77. The molecule has 0 bridgehead atoms. The number of nitrogens with zero attached hydrogens (tertiary/aromatic N) is 1. The first-order valence-electron chi connectivity index (χ1n) is 6.77. The summed E-state index contributed by atoms with van der Waals surface area (Å²) in [6, 6.07) is 6.53. The van der Waals surface area contributed by atoms with Crippen LogP contribution in [-0.2, 0) is 0 Å². The maximum atomic E-state index is 11.7. The van der Waals surface area contributed by atoms with E-state index in [4.69, 9.17) is 4.74 Å². The van der Waals surface area contributed by atoms with Crippen molar-refractivity contribution in [3.63, 3.8) is 0 Å². The zero-order valence-corrected chi connectivity index (χ0v) is 11.9. The van der Waals surface area contributed by atoms with Crippen molar-refractivity contribution in [1.29, 1.82) is 0 Å². The number of carbonyl (C=O) groups excluding carboxylic acids is 1. The Labute approximate surface area is 114 Å². The summed E-state index contributed by atoms with van der Waals surface area (Å²) in [5.41, 5.74) is 2.38. The van der Waals surface area contributed by atoms with E-state index in [0.717, 1.165) is 18.6 Å². The fraction of sp³-hybridized carbons (Fsp3) is 0.533. The van der Waals surface area contributed by atoms with Crippen molar-refractivity contribution in [3.05, 3.63) is 29.3 Å².